The van der Waals surface area contributed by atoms with E-state index < -0.39 is 0 Å². The fourth-order valence-corrected chi connectivity index (χ4v) is 6.11. The number of nitrogens with one attached hydrogen (secondary N) is 1. The van der Waals surface area contributed by atoms with Gasteiger partial charge in [-0.15, -0.1) is 11.8 Å². The molecule has 0 aliphatic heterocycles. The van der Waals surface area contributed by atoms with Crippen molar-refractivity contribution in [3.05, 3.63) is 155 Å². The molecule has 0 amide bonds. The molecule has 1 aliphatic carbocycles. The number of aryl methyl sites for hydroxylation is 1. The molecule has 0 atom stereocenters. The fourth-order valence-electron chi connectivity index (χ4n) is 5.17. The van der Waals surface area contributed by atoms with Crippen LogP contribution in [0.2, 0.25) is 0 Å². The number of fused-ring (bicyclic) bond motifs is 3. The molecule has 0 spiro atoms. The number of rotatable bonds is 7. The summed E-state index contributed by atoms with van der Waals surface area (Å²) < 4.78 is 0. The van der Waals surface area contributed by atoms with Gasteiger partial charge in [0.2, 0.25) is 0 Å². The number of nitrogens with two attached hydrogens (primary N) is 2. The van der Waals surface area contributed by atoms with Crippen LogP contribution in [0.25, 0.3) is 16.8 Å². The summed E-state index contributed by atoms with van der Waals surface area (Å²) in [4.78, 5) is 1.17. The van der Waals surface area contributed by atoms with Crippen molar-refractivity contribution in [1.82, 2.24) is 0 Å². The first-order chi connectivity index (χ1) is 21.1. The summed E-state index contributed by atoms with van der Waals surface area (Å²) in [6, 6.07) is 42.0. The highest BCUT2D eigenvalue weighted by Crippen LogP contribution is 2.43. The largest absolute Gasteiger partial charge is 0.399 e. The molecule has 0 heterocycles. The Balaban J connectivity index is 0.000000298. The molecule has 0 unspecified atom stereocenters. The molecule has 6 rings (SSSR count). The maximum Gasteiger partial charge on any atom is 0.0534 e. The lowest BCUT2D eigenvalue weighted by atomic mass is 9.82. The van der Waals surface area contributed by atoms with Crippen LogP contribution in [-0.2, 0) is 25.1 Å². The molecule has 0 bridgehead atoms. The van der Waals surface area contributed by atoms with Gasteiger partial charge >= 0.3 is 0 Å². The standard InChI is InChI=1S/C28H26N2S.C9H11N.C2H6/c29-28-26(31-19-20-8-3-1-4-9-20)17-15-21-14-16-24-22(10-7-13-25(24)27(21)28)18-30-23-11-5-2-6-12-23;1-2-9(10)8-6-4-3-5-7-8;1-2/h1-13,15,17,30H,14,16,18-19,29H2;2-7H,10H2,1H3;1-2H3/b;9-2-;. The van der Waals surface area contributed by atoms with Gasteiger partial charge in [0, 0.05) is 34.1 Å². The molecule has 0 saturated carbocycles. The second-order valence-corrected chi connectivity index (χ2v) is 11.1. The van der Waals surface area contributed by atoms with Gasteiger partial charge in [-0.3, -0.25) is 0 Å². The summed E-state index contributed by atoms with van der Waals surface area (Å²) in [6.07, 6.45) is 4.00. The number of para-hydroxylation sites is 1. The predicted octanol–water partition coefficient (Wildman–Crippen LogP) is 9.97. The second-order valence-electron chi connectivity index (χ2n) is 10.1. The SMILES string of the molecule is C/C=C(\N)c1ccccc1.CC.Nc1c(SCc2ccccc2)ccc2c1-c1cccc(CNc3ccccc3)c1CC2. The van der Waals surface area contributed by atoms with Gasteiger partial charge in [0.25, 0.3) is 0 Å². The Labute approximate surface area is 262 Å². The van der Waals surface area contributed by atoms with Crippen molar-refractivity contribution in [3.63, 3.8) is 0 Å². The quantitative estimate of drug-likeness (QED) is 0.131. The minimum absolute atomic E-state index is 0.824. The maximum atomic E-state index is 6.76. The van der Waals surface area contributed by atoms with E-state index in [-0.39, 0.29) is 0 Å². The molecule has 5 aromatic rings. The zero-order chi connectivity index (χ0) is 30.4. The highest BCUT2D eigenvalue weighted by atomic mass is 32.2. The van der Waals surface area contributed by atoms with Crippen molar-refractivity contribution in [1.29, 1.82) is 0 Å². The van der Waals surface area contributed by atoms with Crippen molar-refractivity contribution in [2.24, 2.45) is 5.73 Å². The average Bonchev–Trinajstić information content (AvgIpc) is 3.09. The molecule has 0 saturated heterocycles. The van der Waals surface area contributed by atoms with E-state index in [9.17, 15) is 0 Å². The minimum Gasteiger partial charge on any atom is -0.399 e. The molecular formula is C39H43N3S. The van der Waals surface area contributed by atoms with Gasteiger partial charge in [-0.25, -0.2) is 0 Å². The summed E-state index contributed by atoms with van der Waals surface area (Å²) in [5.74, 6) is 0.928. The molecule has 0 fully saturated rings. The first-order valence-electron chi connectivity index (χ1n) is 15.1. The number of anilines is 2. The zero-order valence-electron chi connectivity index (χ0n) is 25.5. The van der Waals surface area contributed by atoms with E-state index in [2.05, 4.69) is 90.2 Å². The highest BCUT2D eigenvalue weighted by molar-refractivity contribution is 7.98. The lowest BCUT2D eigenvalue weighted by Gasteiger charge is -2.25. The summed E-state index contributed by atoms with van der Waals surface area (Å²) in [5.41, 5.74) is 24.4. The predicted molar refractivity (Wildman–Crippen MR) is 189 cm³/mol. The summed E-state index contributed by atoms with van der Waals surface area (Å²) in [5, 5.41) is 3.56. The third-order valence-electron chi connectivity index (χ3n) is 7.39. The molecule has 220 valence electrons. The molecule has 3 nitrogen and oxygen atoms in total. The number of benzene rings is 5. The highest BCUT2D eigenvalue weighted by Gasteiger charge is 2.22. The Kier molecular flexibility index (Phi) is 11.9. The van der Waals surface area contributed by atoms with E-state index in [1.165, 1.54) is 38.3 Å². The average molecular weight is 586 g/mol. The maximum absolute atomic E-state index is 6.76. The molecule has 5 N–H and O–H groups in total. The second kappa shape index (κ2) is 16.3. The third-order valence-corrected chi connectivity index (χ3v) is 8.54. The van der Waals surface area contributed by atoms with Gasteiger partial charge in [0.15, 0.2) is 0 Å². The van der Waals surface area contributed by atoms with E-state index in [1.54, 1.807) is 0 Å². The van der Waals surface area contributed by atoms with Crippen molar-refractivity contribution < 1.29 is 0 Å². The van der Waals surface area contributed by atoms with E-state index in [0.717, 1.165) is 47.8 Å². The molecule has 43 heavy (non-hydrogen) atoms. The van der Waals surface area contributed by atoms with E-state index in [0.29, 0.717) is 0 Å². The number of hydrogen-bond donors (Lipinski definition) is 3. The zero-order valence-corrected chi connectivity index (χ0v) is 26.3. The van der Waals surface area contributed by atoms with Crippen LogP contribution in [-0.4, -0.2) is 0 Å². The molecule has 5 aromatic carbocycles. The van der Waals surface area contributed by atoms with Gasteiger partial charge in [-0.2, -0.15) is 0 Å². The van der Waals surface area contributed by atoms with Gasteiger partial charge in [-0.05, 0) is 71.3 Å². The molecule has 0 radical (unpaired) electrons. The Morgan fingerprint density at radius 1 is 0.767 bits per heavy atom. The monoisotopic (exact) mass is 585 g/mol. The van der Waals surface area contributed by atoms with Crippen LogP contribution in [0.4, 0.5) is 11.4 Å². The van der Waals surface area contributed by atoms with Crippen LogP contribution in [0.15, 0.2) is 132 Å². The number of thioether (sulfide) groups is 1. The lowest BCUT2D eigenvalue weighted by molar-refractivity contribution is 0.915. The minimum atomic E-state index is 0.824. The fraction of sp³-hybridized carbons (Fsp3) is 0.179. The van der Waals surface area contributed by atoms with E-state index >= 15 is 0 Å². The van der Waals surface area contributed by atoms with Crippen LogP contribution in [0.1, 0.15) is 48.6 Å². The van der Waals surface area contributed by atoms with Crippen molar-refractivity contribution >= 4 is 28.8 Å². The molecule has 1 aliphatic rings. The summed E-state index contributed by atoms with van der Waals surface area (Å²) in [7, 11) is 0. The number of allylic oxidation sites excluding steroid dienone is 1. The Hall–Kier alpha value is -4.41. The Morgan fingerprint density at radius 3 is 2.09 bits per heavy atom. The number of nitrogen functional groups attached to an aromatic ring is 1. The van der Waals surface area contributed by atoms with Gasteiger partial charge in [0.1, 0.15) is 0 Å². The Morgan fingerprint density at radius 2 is 1.42 bits per heavy atom. The van der Waals surface area contributed by atoms with E-state index in [1.807, 2.05) is 75.0 Å². The van der Waals surface area contributed by atoms with Gasteiger partial charge in [0.05, 0.1) is 5.69 Å². The smallest absolute Gasteiger partial charge is 0.0534 e. The van der Waals surface area contributed by atoms with Crippen molar-refractivity contribution in [3.8, 4) is 11.1 Å². The van der Waals surface area contributed by atoms with Crippen molar-refractivity contribution in [2.75, 3.05) is 11.1 Å². The summed E-state index contributed by atoms with van der Waals surface area (Å²) >= 11 is 1.82. The number of hydrogen-bond acceptors (Lipinski definition) is 4. The molecular weight excluding hydrogens is 543 g/mol. The van der Waals surface area contributed by atoms with Crippen LogP contribution in [0, 0.1) is 0 Å². The molecule has 4 heteroatoms. The van der Waals surface area contributed by atoms with Crippen LogP contribution in [0.3, 0.4) is 0 Å². The van der Waals surface area contributed by atoms with Crippen LogP contribution in [0.5, 0.6) is 0 Å². The first kappa shape index (κ1) is 31.5. The topological polar surface area (TPSA) is 64.1 Å². The van der Waals surface area contributed by atoms with Gasteiger partial charge < -0.3 is 16.8 Å². The third kappa shape index (κ3) is 8.33. The van der Waals surface area contributed by atoms with Crippen molar-refractivity contribution in [2.45, 2.75) is 50.8 Å². The lowest BCUT2D eigenvalue weighted by Crippen LogP contribution is -2.11. The van der Waals surface area contributed by atoms with Gasteiger partial charge in [-0.1, -0.05) is 123 Å². The Bertz CT molecular complexity index is 1600. The summed E-state index contributed by atoms with van der Waals surface area (Å²) in [6.45, 7) is 6.76. The van der Waals surface area contributed by atoms with Crippen LogP contribution >= 0.6 is 11.8 Å². The van der Waals surface area contributed by atoms with Crippen LogP contribution < -0.4 is 16.8 Å². The molecule has 0 aromatic heterocycles. The normalized spacial score (nSPS) is 11.6. The first-order valence-corrected chi connectivity index (χ1v) is 16.1. The van der Waals surface area contributed by atoms with E-state index in [4.69, 9.17) is 11.5 Å².